The van der Waals surface area contributed by atoms with Crippen molar-refractivity contribution in [3.8, 4) is 44.5 Å². The molecule has 0 unspecified atom stereocenters. The van der Waals surface area contributed by atoms with Gasteiger partial charge in [-0.2, -0.15) is 0 Å². The van der Waals surface area contributed by atoms with Crippen LogP contribution >= 0.6 is 0 Å². The van der Waals surface area contributed by atoms with E-state index in [0.29, 0.717) is 0 Å². The van der Waals surface area contributed by atoms with Gasteiger partial charge in [0.2, 0.25) is 0 Å². The highest BCUT2D eigenvalue weighted by atomic mass is 16.3. The Morgan fingerprint density at radius 2 is 0.760 bits per heavy atom. The summed E-state index contributed by atoms with van der Waals surface area (Å²) in [6.07, 6.45) is 0. The normalized spacial score (nSPS) is 11.2. The van der Waals surface area contributed by atoms with E-state index in [0.717, 1.165) is 61.3 Å². The molecule has 0 saturated carbocycles. The van der Waals surface area contributed by atoms with Crippen LogP contribution in [0.5, 0.6) is 0 Å². The van der Waals surface area contributed by atoms with Gasteiger partial charge < -0.3 is 9.32 Å². The van der Waals surface area contributed by atoms with E-state index in [2.05, 4.69) is 199 Å². The maximum atomic E-state index is 6.82. The number of furan rings is 1. The van der Waals surface area contributed by atoms with E-state index in [9.17, 15) is 0 Å². The molecule has 2 heteroatoms. The van der Waals surface area contributed by atoms with Gasteiger partial charge in [0, 0.05) is 33.3 Å². The molecule has 0 amide bonds. The fourth-order valence-electron chi connectivity index (χ4n) is 7.07. The minimum Gasteiger partial charge on any atom is -0.455 e. The molecule has 0 radical (unpaired) electrons. The topological polar surface area (TPSA) is 16.4 Å². The summed E-state index contributed by atoms with van der Waals surface area (Å²) in [7, 11) is 0. The Morgan fingerprint density at radius 3 is 1.28 bits per heavy atom. The summed E-state index contributed by atoms with van der Waals surface area (Å²) in [5.41, 5.74) is 14.1. The third-order valence-corrected chi connectivity index (χ3v) is 9.48. The van der Waals surface area contributed by atoms with Crippen LogP contribution in [0.25, 0.3) is 66.4 Å². The van der Waals surface area contributed by atoms with E-state index in [1.165, 1.54) is 22.3 Å². The van der Waals surface area contributed by atoms with Gasteiger partial charge in [-0.25, -0.2) is 0 Å². The van der Waals surface area contributed by atoms with Gasteiger partial charge in [0.25, 0.3) is 0 Å². The summed E-state index contributed by atoms with van der Waals surface area (Å²) in [4.78, 5) is 2.40. The number of fused-ring (bicyclic) bond motifs is 3. The molecule has 0 bridgehead atoms. The predicted molar refractivity (Wildman–Crippen MR) is 210 cm³/mol. The molecule has 0 N–H and O–H groups in total. The molecule has 9 aromatic rings. The average Bonchev–Trinajstić information content (AvgIpc) is 3.58. The van der Waals surface area contributed by atoms with Crippen LogP contribution in [0.4, 0.5) is 17.1 Å². The van der Waals surface area contributed by atoms with E-state index >= 15 is 0 Å². The molecule has 1 heterocycles. The van der Waals surface area contributed by atoms with Crippen molar-refractivity contribution in [1.29, 1.82) is 0 Å². The second kappa shape index (κ2) is 12.8. The molecular formula is C48H33NO. The Hall–Kier alpha value is -6.64. The summed E-state index contributed by atoms with van der Waals surface area (Å²) in [5, 5.41) is 2.20. The zero-order valence-corrected chi connectivity index (χ0v) is 27.4. The lowest BCUT2D eigenvalue weighted by Gasteiger charge is -2.31. The largest absolute Gasteiger partial charge is 0.455 e. The highest BCUT2D eigenvalue weighted by Crippen LogP contribution is 2.51. The second-order valence-electron chi connectivity index (χ2n) is 12.5. The Bertz CT molecular complexity index is 2450. The summed E-state index contributed by atoms with van der Waals surface area (Å²) in [6, 6.07) is 71.0. The Labute approximate surface area is 292 Å². The molecule has 50 heavy (non-hydrogen) atoms. The van der Waals surface area contributed by atoms with Crippen molar-refractivity contribution in [1.82, 2.24) is 0 Å². The number of hydrogen-bond acceptors (Lipinski definition) is 2. The van der Waals surface area contributed by atoms with E-state index in [4.69, 9.17) is 4.42 Å². The van der Waals surface area contributed by atoms with Crippen LogP contribution < -0.4 is 4.90 Å². The number of nitrogens with zero attached hydrogens (tertiary/aromatic N) is 1. The molecule has 9 rings (SSSR count). The Kier molecular flexibility index (Phi) is 7.53. The van der Waals surface area contributed by atoms with Crippen LogP contribution in [0, 0.1) is 0 Å². The molecule has 1 aromatic heterocycles. The van der Waals surface area contributed by atoms with Gasteiger partial charge in [-0.1, -0.05) is 164 Å². The number of benzene rings is 8. The molecule has 236 valence electrons. The number of rotatable bonds is 7. The molecule has 0 atom stereocenters. The van der Waals surface area contributed by atoms with Gasteiger partial charge in [-0.15, -0.1) is 0 Å². The van der Waals surface area contributed by atoms with E-state index in [-0.39, 0.29) is 0 Å². The van der Waals surface area contributed by atoms with Crippen molar-refractivity contribution in [2.75, 3.05) is 4.90 Å². The van der Waals surface area contributed by atoms with Crippen molar-refractivity contribution >= 4 is 39.0 Å². The highest BCUT2D eigenvalue weighted by Gasteiger charge is 2.27. The summed E-state index contributed by atoms with van der Waals surface area (Å²) in [6.45, 7) is 0. The van der Waals surface area contributed by atoms with Crippen molar-refractivity contribution in [2.45, 2.75) is 0 Å². The standard InChI is InChI=1S/C48H33NO/c1-5-15-34(16-6-1)36-25-29-40(30-26-36)49(41-31-27-37(28-32-41)35-17-7-2-8-18-35)47-43(38-19-9-3-10-20-38)33-44-42-23-13-14-24-45(42)50-48(44)46(47)39-21-11-4-12-22-39/h1-33H. The van der Waals surface area contributed by atoms with Crippen LogP contribution in [0.1, 0.15) is 0 Å². The Balaban J connectivity index is 1.36. The fraction of sp³-hybridized carbons (Fsp3) is 0. The monoisotopic (exact) mass is 639 g/mol. The van der Waals surface area contributed by atoms with Crippen molar-refractivity contribution in [3.63, 3.8) is 0 Å². The van der Waals surface area contributed by atoms with Crippen LogP contribution in [0.15, 0.2) is 205 Å². The smallest absolute Gasteiger partial charge is 0.145 e. The first kappa shape index (κ1) is 29.5. The van der Waals surface area contributed by atoms with E-state index < -0.39 is 0 Å². The fourth-order valence-corrected chi connectivity index (χ4v) is 7.07. The lowest BCUT2D eigenvalue weighted by atomic mass is 9.91. The molecule has 0 fully saturated rings. The van der Waals surface area contributed by atoms with Gasteiger partial charge in [-0.05, 0) is 69.8 Å². The number of anilines is 3. The van der Waals surface area contributed by atoms with Crippen LogP contribution in [-0.4, -0.2) is 0 Å². The third-order valence-electron chi connectivity index (χ3n) is 9.48. The second-order valence-corrected chi connectivity index (χ2v) is 12.5. The molecule has 8 aromatic carbocycles. The molecule has 2 nitrogen and oxygen atoms in total. The first-order valence-electron chi connectivity index (χ1n) is 17.0. The SMILES string of the molecule is c1ccc(-c2ccc(N(c3ccc(-c4ccccc4)cc3)c3c(-c4ccccc4)cc4c(oc5ccccc54)c3-c3ccccc3)cc2)cc1. The lowest BCUT2D eigenvalue weighted by Crippen LogP contribution is -2.13. The van der Waals surface area contributed by atoms with Crippen molar-refractivity contribution in [2.24, 2.45) is 0 Å². The molecular weight excluding hydrogens is 607 g/mol. The Morgan fingerprint density at radius 1 is 0.340 bits per heavy atom. The van der Waals surface area contributed by atoms with Crippen molar-refractivity contribution in [3.05, 3.63) is 200 Å². The molecule has 0 saturated heterocycles. The molecule has 0 aliphatic rings. The zero-order valence-electron chi connectivity index (χ0n) is 27.4. The van der Waals surface area contributed by atoms with E-state index in [1.54, 1.807) is 0 Å². The predicted octanol–water partition coefficient (Wildman–Crippen LogP) is 13.7. The van der Waals surface area contributed by atoms with Gasteiger partial charge in [0.1, 0.15) is 11.2 Å². The van der Waals surface area contributed by atoms with Gasteiger partial charge >= 0.3 is 0 Å². The number of para-hydroxylation sites is 1. The van der Waals surface area contributed by atoms with Gasteiger partial charge in [-0.3, -0.25) is 0 Å². The third kappa shape index (κ3) is 5.34. The summed E-state index contributed by atoms with van der Waals surface area (Å²) < 4.78 is 6.82. The minimum atomic E-state index is 0.874. The van der Waals surface area contributed by atoms with Crippen molar-refractivity contribution < 1.29 is 4.42 Å². The number of hydrogen-bond donors (Lipinski definition) is 0. The molecule has 0 aliphatic carbocycles. The quantitative estimate of drug-likeness (QED) is 0.173. The maximum Gasteiger partial charge on any atom is 0.145 e. The van der Waals surface area contributed by atoms with Gasteiger partial charge in [0.15, 0.2) is 0 Å². The zero-order chi connectivity index (χ0) is 33.3. The van der Waals surface area contributed by atoms with Crippen LogP contribution in [0.3, 0.4) is 0 Å². The molecule has 0 spiro atoms. The maximum absolute atomic E-state index is 6.82. The van der Waals surface area contributed by atoms with E-state index in [1.807, 2.05) is 6.07 Å². The summed E-state index contributed by atoms with van der Waals surface area (Å²) >= 11 is 0. The first-order chi connectivity index (χ1) is 24.8. The lowest BCUT2D eigenvalue weighted by molar-refractivity contribution is 0.670. The first-order valence-corrected chi connectivity index (χ1v) is 17.0. The highest BCUT2D eigenvalue weighted by molar-refractivity contribution is 6.17. The summed E-state index contributed by atoms with van der Waals surface area (Å²) in [5.74, 6) is 0. The van der Waals surface area contributed by atoms with Gasteiger partial charge in [0.05, 0.1) is 5.69 Å². The minimum absolute atomic E-state index is 0.874. The van der Waals surface area contributed by atoms with Crippen LogP contribution in [-0.2, 0) is 0 Å². The molecule has 0 aliphatic heterocycles. The van der Waals surface area contributed by atoms with Crippen LogP contribution in [0.2, 0.25) is 0 Å². The average molecular weight is 640 g/mol.